The first-order chi connectivity index (χ1) is 13.9. The molecule has 1 aromatic carbocycles. The highest BCUT2D eigenvalue weighted by Crippen LogP contribution is 2.39. The molecule has 0 saturated carbocycles. The molecule has 152 valence electrons. The predicted octanol–water partition coefficient (Wildman–Crippen LogP) is 3.81. The SMILES string of the molecule is CCOC(=O)c1c(NC(=O)C(=O)NN=Cc2cccc(Cl)c2Cl)sc2c1CCC2. The molecule has 1 aromatic heterocycles. The second kappa shape index (κ2) is 9.39. The smallest absolute Gasteiger partial charge is 0.341 e. The Morgan fingerprint density at radius 2 is 2.03 bits per heavy atom. The van der Waals surface area contributed by atoms with Crippen molar-refractivity contribution in [3.8, 4) is 0 Å². The summed E-state index contributed by atoms with van der Waals surface area (Å²) in [6.45, 7) is 1.93. The van der Waals surface area contributed by atoms with E-state index in [1.165, 1.54) is 17.6 Å². The fraction of sp³-hybridized carbons (Fsp3) is 0.263. The number of rotatable bonds is 5. The molecule has 2 amide bonds. The van der Waals surface area contributed by atoms with E-state index in [-0.39, 0.29) is 11.6 Å². The minimum atomic E-state index is -0.984. The van der Waals surface area contributed by atoms with Crippen LogP contribution in [0.1, 0.15) is 39.7 Å². The zero-order valence-corrected chi connectivity index (χ0v) is 17.7. The molecule has 10 heteroatoms. The van der Waals surface area contributed by atoms with Crippen LogP contribution in [0.3, 0.4) is 0 Å². The third-order valence-electron chi connectivity index (χ3n) is 4.19. The summed E-state index contributed by atoms with van der Waals surface area (Å²) in [5.74, 6) is -2.43. The Morgan fingerprint density at radius 3 is 2.79 bits per heavy atom. The quantitative estimate of drug-likeness (QED) is 0.311. The maximum atomic E-state index is 12.3. The van der Waals surface area contributed by atoms with E-state index in [1.807, 2.05) is 0 Å². The van der Waals surface area contributed by atoms with Crippen LogP contribution < -0.4 is 10.7 Å². The number of carbonyl (C=O) groups is 3. The minimum Gasteiger partial charge on any atom is -0.462 e. The molecule has 0 aliphatic heterocycles. The standard InChI is InChI=1S/C19H17Cl2N3O4S/c1-2-28-19(27)14-11-6-4-8-13(11)29-18(14)23-16(25)17(26)24-22-9-10-5-3-7-12(20)15(10)21/h3,5,7,9H,2,4,6,8H2,1H3,(H,23,25)(H,24,26). The number of hydrazone groups is 1. The number of esters is 1. The van der Waals surface area contributed by atoms with Crippen molar-refractivity contribution in [2.75, 3.05) is 11.9 Å². The summed E-state index contributed by atoms with van der Waals surface area (Å²) in [5.41, 5.74) is 3.83. The van der Waals surface area contributed by atoms with Crippen molar-refractivity contribution >= 4 is 63.5 Å². The van der Waals surface area contributed by atoms with Crippen molar-refractivity contribution < 1.29 is 19.1 Å². The van der Waals surface area contributed by atoms with Crippen LogP contribution in [0.2, 0.25) is 10.0 Å². The average Bonchev–Trinajstić information content (AvgIpc) is 3.25. The number of nitrogens with zero attached hydrogens (tertiary/aromatic N) is 1. The lowest BCUT2D eigenvalue weighted by Crippen LogP contribution is -2.32. The van der Waals surface area contributed by atoms with Gasteiger partial charge in [0.15, 0.2) is 0 Å². The maximum absolute atomic E-state index is 12.3. The van der Waals surface area contributed by atoms with E-state index in [0.717, 1.165) is 29.7 Å². The molecule has 0 unspecified atom stereocenters. The van der Waals surface area contributed by atoms with E-state index >= 15 is 0 Å². The normalized spacial score (nSPS) is 12.7. The molecule has 2 aromatic rings. The van der Waals surface area contributed by atoms with Gasteiger partial charge in [0.25, 0.3) is 0 Å². The minimum absolute atomic E-state index is 0.220. The highest BCUT2D eigenvalue weighted by atomic mass is 35.5. The van der Waals surface area contributed by atoms with Crippen molar-refractivity contribution in [3.63, 3.8) is 0 Å². The number of nitrogens with one attached hydrogen (secondary N) is 2. The first-order valence-electron chi connectivity index (χ1n) is 8.82. The number of anilines is 1. The van der Waals surface area contributed by atoms with Crippen LogP contribution in [-0.4, -0.2) is 30.6 Å². The van der Waals surface area contributed by atoms with Gasteiger partial charge in [0.2, 0.25) is 0 Å². The van der Waals surface area contributed by atoms with Gasteiger partial charge in [-0.3, -0.25) is 9.59 Å². The average molecular weight is 454 g/mol. The number of thiophene rings is 1. The van der Waals surface area contributed by atoms with Crippen LogP contribution in [0.25, 0.3) is 0 Å². The Kier molecular flexibility index (Phi) is 6.89. The Balaban J connectivity index is 1.69. The molecule has 0 radical (unpaired) electrons. The summed E-state index contributed by atoms with van der Waals surface area (Å²) in [5, 5.41) is 7.16. The molecule has 29 heavy (non-hydrogen) atoms. The van der Waals surface area contributed by atoms with E-state index in [9.17, 15) is 14.4 Å². The summed E-state index contributed by atoms with van der Waals surface area (Å²) in [4.78, 5) is 37.6. The molecular weight excluding hydrogens is 437 g/mol. The van der Waals surface area contributed by atoms with Gasteiger partial charge >= 0.3 is 17.8 Å². The van der Waals surface area contributed by atoms with Gasteiger partial charge in [0.05, 0.1) is 28.4 Å². The summed E-state index contributed by atoms with van der Waals surface area (Å²) in [6, 6.07) is 4.95. The summed E-state index contributed by atoms with van der Waals surface area (Å²) in [7, 11) is 0. The number of benzene rings is 1. The lowest BCUT2D eigenvalue weighted by Gasteiger charge is -2.07. The number of carbonyl (C=O) groups excluding carboxylic acids is 3. The Hall–Kier alpha value is -2.42. The summed E-state index contributed by atoms with van der Waals surface area (Å²) >= 11 is 13.2. The van der Waals surface area contributed by atoms with Gasteiger partial charge in [-0.15, -0.1) is 11.3 Å². The largest absolute Gasteiger partial charge is 0.462 e. The number of ether oxygens (including phenoxy) is 1. The molecule has 1 aliphatic carbocycles. The number of hydrogen-bond acceptors (Lipinski definition) is 6. The molecule has 1 aliphatic rings. The van der Waals surface area contributed by atoms with E-state index in [0.29, 0.717) is 21.2 Å². The van der Waals surface area contributed by atoms with Crippen LogP contribution in [0.15, 0.2) is 23.3 Å². The van der Waals surface area contributed by atoms with Gasteiger partial charge in [0.1, 0.15) is 5.00 Å². The second-order valence-corrected chi connectivity index (χ2v) is 7.97. The second-order valence-electron chi connectivity index (χ2n) is 6.08. The predicted molar refractivity (Wildman–Crippen MR) is 113 cm³/mol. The van der Waals surface area contributed by atoms with Crippen LogP contribution in [0.5, 0.6) is 0 Å². The highest BCUT2D eigenvalue weighted by molar-refractivity contribution is 7.17. The number of aryl methyl sites for hydroxylation is 1. The highest BCUT2D eigenvalue weighted by Gasteiger charge is 2.29. The lowest BCUT2D eigenvalue weighted by molar-refractivity contribution is -0.136. The maximum Gasteiger partial charge on any atom is 0.341 e. The van der Waals surface area contributed by atoms with Gasteiger partial charge in [-0.25, -0.2) is 10.2 Å². The topological polar surface area (TPSA) is 96.9 Å². The number of halogens is 2. The molecule has 2 N–H and O–H groups in total. The van der Waals surface area contributed by atoms with Crippen molar-refractivity contribution in [2.24, 2.45) is 5.10 Å². The van der Waals surface area contributed by atoms with Crippen molar-refractivity contribution in [2.45, 2.75) is 26.2 Å². The van der Waals surface area contributed by atoms with Crippen LogP contribution in [0, 0.1) is 0 Å². The molecule has 7 nitrogen and oxygen atoms in total. The number of fused-ring (bicyclic) bond motifs is 1. The Labute approximate surface area is 181 Å². The molecule has 3 rings (SSSR count). The van der Waals surface area contributed by atoms with E-state index in [2.05, 4.69) is 15.8 Å². The molecular formula is C19H17Cl2N3O4S. The van der Waals surface area contributed by atoms with Gasteiger partial charge in [-0.1, -0.05) is 35.3 Å². The monoisotopic (exact) mass is 453 g/mol. The zero-order valence-electron chi connectivity index (χ0n) is 15.4. The fourth-order valence-electron chi connectivity index (χ4n) is 2.90. The van der Waals surface area contributed by atoms with Crippen LogP contribution >= 0.6 is 34.5 Å². The van der Waals surface area contributed by atoms with Crippen molar-refractivity contribution in [1.82, 2.24) is 5.43 Å². The summed E-state index contributed by atoms with van der Waals surface area (Å²) in [6.07, 6.45) is 3.80. The van der Waals surface area contributed by atoms with Gasteiger partial charge in [0, 0.05) is 10.4 Å². The van der Waals surface area contributed by atoms with E-state index < -0.39 is 17.8 Å². The van der Waals surface area contributed by atoms with E-state index in [4.69, 9.17) is 27.9 Å². The van der Waals surface area contributed by atoms with Gasteiger partial charge < -0.3 is 10.1 Å². The molecule has 1 heterocycles. The lowest BCUT2D eigenvalue weighted by atomic mass is 10.1. The molecule has 0 spiro atoms. The van der Waals surface area contributed by atoms with Crippen molar-refractivity contribution in [3.05, 3.63) is 49.8 Å². The number of amides is 2. The first kappa shape index (κ1) is 21.3. The van der Waals surface area contributed by atoms with Crippen LogP contribution in [-0.2, 0) is 27.2 Å². The van der Waals surface area contributed by atoms with Gasteiger partial charge in [-0.05, 0) is 37.8 Å². The molecule has 0 saturated heterocycles. The first-order valence-corrected chi connectivity index (χ1v) is 10.4. The molecule has 0 fully saturated rings. The van der Waals surface area contributed by atoms with Crippen molar-refractivity contribution in [1.29, 1.82) is 0 Å². The third-order valence-corrected chi connectivity index (χ3v) is 6.23. The Bertz CT molecular complexity index is 1000. The number of hydrogen-bond donors (Lipinski definition) is 2. The fourth-order valence-corrected chi connectivity index (χ4v) is 4.53. The molecule has 0 atom stereocenters. The third kappa shape index (κ3) is 4.77. The van der Waals surface area contributed by atoms with E-state index in [1.54, 1.807) is 25.1 Å². The zero-order chi connectivity index (χ0) is 21.0. The van der Waals surface area contributed by atoms with Gasteiger partial charge in [-0.2, -0.15) is 5.10 Å². The van der Waals surface area contributed by atoms with Crippen LogP contribution in [0.4, 0.5) is 5.00 Å². The Morgan fingerprint density at radius 1 is 1.24 bits per heavy atom. The molecule has 0 bridgehead atoms. The summed E-state index contributed by atoms with van der Waals surface area (Å²) < 4.78 is 5.10.